The van der Waals surface area contributed by atoms with E-state index in [1.807, 2.05) is 0 Å². The molecule has 0 aliphatic rings. The van der Waals surface area contributed by atoms with E-state index in [0.717, 1.165) is 0 Å². The third-order valence-electron chi connectivity index (χ3n) is 2.00. The highest BCUT2D eigenvalue weighted by Crippen LogP contribution is 2.34. The van der Waals surface area contributed by atoms with E-state index in [1.54, 1.807) is 30.3 Å². The fraction of sp³-hybridized carbons (Fsp3) is 0.300. The van der Waals surface area contributed by atoms with Crippen LogP contribution in [0.5, 0.6) is 0 Å². The molecule has 0 bridgehead atoms. The zero-order chi connectivity index (χ0) is 14.5. The molecule has 1 amide bonds. The Hall–Kier alpha value is -1.66. The lowest BCUT2D eigenvalue weighted by Crippen LogP contribution is -2.43. The molecule has 0 spiro atoms. The normalized spacial score (nSPS) is 13.6. The number of amides is 1. The van der Waals surface area contributed by atoms with Crippen LogP contribution in [0, 0.1) is 0 Å². The molecule has 1 aromatic rings. The Morgan fingerprint density at radius 3 is 2.42 bits per heavy atom. The van der Waals surface area contributed by atoms with Gasteiger partial charge in [-0.05, 0) is 10.1 Å². The molecular formula is C10H10F3NO4P+. The number of halogens is 3. The zero-order valence-electron chi connectivity index (χ0n) is 9.42. The monoisotopic (exact) mass is 296 g/mol. The van der Waals surface area contributed by atoms with Gasteiger partial charge >= 0.3 is 26.1 Å². The van der Waals surface area contributed by atoms with E-state index in [1.165, 1.54) is 5.32 Å². The Kier molecular flexibility index (Phi) is 5.26. The molecule has 104 valence electrons. The second-order valence-corrected chi connectivity index (χ2v) is 4.57. The lowest BCUT2D eigenvalue weighted by Gasteiger charge is -2.11. The molecule has 5 nitrogen and oxygen atoms in total. The summed E-state index contributed by atoms with van der Waals surface area (Å²) in [6, 6.07) is 8.28. The number of carbonyl (C=O) groups is 1. The zero-order valence-corrected chi connectivity index (χ0v) is 10.3. The van der Waals surface area contributed by atoms with Gasteiger partial charge in [0, 0.05) is 0 Å². The Bertz CT molecular complexity index is 452. The molecule has 0 heterocycles. The minimum absolute atomic E-state index is 0.237. The van der Waals surface area contributed by atoms with Gasteiger partial charge in [0.2, 0.25) is 0 Å². The van der Waals surface area contributed by atoms with Gasteiger partial charge < -0.3 is 4.74 Å². The van der Waals surface area contributed by atoms with Crippen molar-refractivity contribution in [3.05, 3.63) is 35.9 Å². The van der Waals surface area contributed by atoms with Crippen molar-refractivity contribution in [3.63, 3.8) is 0 Å². The van der Waals surface area contributed by atoms with Crippen molar-refractivity contribution in [1.82, 2.24) is 5.32 Å². The second kappa shape index (κ2) is 6.49. The summed E-state index contributed by atoms with van der Waals surface area (Å²) in [4.78, 5) is 19.6. The Morgan fingerprint density at radius 2 is 1.95 bits per heavy atom. The van der Waals surface area contributed by atoms with Crippen LogP contribution in [-0.2, 0) is 15.9 Å². The summed E-state index contributed by atoms with van der Waals surface area (Å²) < 4.78 is 51.9. The van der Waals surface area contributed by atoms with Crippen molar-refractivity contribution in [2.45, 2.75) is 18.6 Å². The molecule has 2 N–H and O–H groups in total. The first-order valence-corrected chi connectivity index (χ1v) is 6.28. The Labute approximate surface area is 107 Å². The highest BCUT2D eigenvalue weighted by Gasteiger charge is 2.55. The maximum Gasteiger partial charge on any atom is 0.540 e. The van der Waals surface area contributed by atoms with Crippen molar-refractivity contribution >= 4 is 14.1 Å². The van der Waals surface area contributed by atoms with Crippen LogP contribution in [0.25, 0.3) is 0 Å². The van der Waals surface area contributed by atoms with E-state index in [0.29, 0.717) is 5.56 Å². The largest absolute Gasteiger partial charge is 0.540 e. The predicted molar refractivity (Wildman–Crippen MR) is 59.4 cm³/mol. The first-order valence-electron chi connectivity index (χ1n) is 5.00. The number of ether oxygens (including phenoxy) is 1. The number of carbonyl (C=O) groups excluding carboxylic acids is 1. The van der Waals surface area contributed by atoms with E-state index in [2.05, 4.69) is 4.74 Å². The number of benzene rings is 1. The maximum atomic E-state index is 12.3. The van der Waals surface area contributed by atoms with Gasteiger partial charge in [0.1, 0.15) is 6.61 Å². The first kappa shape index (κ1) is 15.4. The molecule has 0 fully saturated rings. The van der Waals surface area contributed by atoms with Gasteiger partial charge in [-0.15, -0.1) is 0 Å². The van der Waals surface area contributed by atoms with Crippen LogP contribution in [-0.4, -0.2) is 22.9 Å². The summed E-state index contributed by atoms with van der Waals surface area (Å²) in [6.45, 7) is -0.237. The minimum Gasteiger partial charge on any atom is -0.445 e. The van der Waals surface area contributed by atoms with Crippen LogP contribution >= 0.6 is 8.03 Å². The fourth-order valence-corrected chi connectivity index (χ4v) is 1.60. The highest BCUT2D eigenvalue weighted by molar-refractivity contribution is 7.39. The number of alkyl halides is 3. The predicted octanol–water partition coefficient (Wildman–Crippen LogP) is 2.54. The average Bonchev–Trinajstić information content (AvgIpc) is 2.33. The Balaban J connectivity index is 2.52. The molecule has 9 heteroatoms. The molecular weight excluding hydrogens is 286 g/mol. The van der Waals surface area contributed by atoms with E-state index >= 15 is 0 Å². The summed E-state index contributed by atoms with van der Waals surface area (Å²) in [5.41, 5.74) is 0.578. The average molecular weight is 296 g/mol. The summed E-state index contributed by atoms with van der Waals surface area (Å²) >= 11 is 0. The van der Waals surface area contributed by atoms with Gasteiger partial charge in [-0.3, -0.25) is 5.32 Å². The van der Waals surface area contributed by atoms with Crippen LogP contribution in [0.1, 0.15) is 5.56 Å². The van der Waals surface area contributed by atoms with Gasteiger partial charge in [0.15, 0.2) is 0 Å². The number of nitrogens with one attached hydrogen (secondary N) is 1. The highest BCUT2D eigenvalue weighted by atomic mass is 31.1. The van der Waals surface area contributed by atoms with Gasteiger partial charge in [-0.2, -0.15) is 18.1 Å². The van der Waals surface area contributed by atoms with Crippen molar-refractivity contribution < 1.29 is 32.2 Å². The first-order chi connectivity index (χ1) is 8.80. The Morgan fingerprint density at radius 1 is 1.37 bits per heavy atom. The van der Waals surface area contributed by atoms with Gasteiger partial charge in [0.05, 0.1) is 0 Å². The lowest BCUT2D eigenvalue weighted by molar-refractivity contribution is -0.136. The second-order valence-electron chi connectivity index (χ2n) is 3.45. The standard InChI is InChI=1S/C10H9F3NO4P/c11-10(12,13)8(19(16)17)14-9(15)18-6-7-4-2-1-3-5-7/h1-5,8H,6H2,(H-,14,15,16,17)/p+1. The molecule has 0 saturated carbocycles. The van der Waals surface area contributed by atoms with Crippen LogP contribution in [0.3, 0.4) is 0 Å². The molecule has 0 radical (unpaired) electrons. The summed E-state index contributed by atoms with van der Waals surface area (Å²) in [7, 11) is -3.64. The SMILES string of the molecule is O=C(NC([P+](=O)O)C(F)(F)F)OCc1ccccc1. The van der Waals surface area contributed by atoms with Crippen molar-refractivity contribution in [2.24, 2.45) is 0 Å². The van der Waals surface area contributed by atoms with Crippen LogP contribution in [0.15, 0.2) is 30.3 Å². The molecule has 0 aromatic heterocycles. The van der Waals surface area contributed by atoms with E-state index in [9.17, 15) is 22.5 Å². The molecule has 19 heavy (non-hydrogen) atoms. The smallest absolute Gasteiger partial charge is 0.445 e. The van der Waals surface area contributed by atoms with Crippen molar-refractivity contribution in [2.75, 3.05) is 0 Å². The fourth-order valence-electron chi connectivity index (χ4n) is 1.14. The molecule has 0 aliphatic carbocycles. The number of hydrogen-bond donors (Lipinski definition) is 2. The topological polar surface area (TPSA) is 75.6 Å². The molecule has 1 rings (SSSR count). The molecule has 0 saturated heterocycles. The van der Waals surface area contributed by atoms with E-state index in [-0.39, 0.29) is 6.61 Å². The van der Waals surface area contributed by atoms with E-state index < -0.39 is 26.1 Å². The lowest BCUT2D eigenvalue weighted by atomic mass is 10.2. The number of alkyl carbamates (subject to hydrolysis) is 1. The van der Waals surface area contributed by atoms with Gasteiger partial charge in [0.25, 0.3) is 0 Å². The summed E-state index contributed by atoms with van der Waals surface area (Å²) in [5.74, 6) is -2.84. The summed E-state index contributed by atoms with van der Waals surface area (Å²) in [6.07, 6.45) is -6.43. The number of rotatable bonds is 4. The van der Waals surface area contributed by atoms with Crippen molar-refractivity contribution in [1.29, 1.82) is 0 Å². The maximum absolute atomic E-state index is 12.3. The minimum atomic E-state index is -5.02. The molecule has 2 unspecified atom stereocenters. The molecule has 1 aromatic carbocycles. The third-order valence-corrected chi connectivity index (χ3v) is 2.86. The third kappa shape index (κ3) is 5.23. The van der Waals surface area contributed by atoms with Crippen LogP contribution in [0.2, 0.25) is 0 Å². The quantitative estimate of drug-likeness (QED) is 0.837. The van der Waals surface area contributed by atoms with Crippen LogP contribution in [0.4, 0.5) is 18.0 Å². The molecule has 0 aliphatic heterocycles. The summed E-state index contributed by atoms with van der Waals surface area (Å²) in [5, 5.41) is 1.31. The molecule has 2 atom stereocenters. The number of hydrogen-bond acceptors (Lipinski definition) is 3. The van der Waals surface area contributed by atoms with Crippen LogP contribution < -0.4 is 5.32 Å². The van der Waals surface area contributed by atoms with Crippen molar-refractivity contribution in [3.8, 4) is 0 Å². The van der Waals surface area contributed by atoms with E-state index in [4.69, 9.17) is 4.89 Å². The van der Waals surface area contributed by atoms with Gasteiger partial charge in [-0.1, -0.05) is 30.3 Å². The van der Waals surface area contributed by atoms with Gasteiger partial charge in [-0.25, -0.2) is 4.79 Å².